The second kappa shape index (κ2) is 6.71. The van der Waals surface area contributed by atoms with E-state index in [9.17, 15) is 4.79 Å². The van der Waals surface area contributed by atoms with Gasteiger partial charge in [-0.05, 0) is 45.1 Å². The van der Waals surface area contributed by atoms with Crippen LogP contribution in [0.1, 0.15) is 38.5 Å². The average molecular weight is 268 g/mol. The molecular formula is C15H28N2O2. The lowest BCUT2D eigenvalue weighted by atomic mass is 9.67. The number of hydrogen-bond donors (Lipinski definition) is 1. The van der Waals surface area contributed by atoms with E-state index >= 15 is 0 Å². The molecule has 2 aliphatic rings. The van der Waals surface area contributed by atoms with E-state index in [1.165, 1.54) is 6.42 Å². The van der Waals surface area contributed by atoms with Crippen LogP contribution in [0.4, 0.5) is 0 Å². The first kappa shape index (κ1) is 14.8. The Bertz CT molecular complexity index is 297. The first-order chi connectivity index (χ1) is 9.18. The maximum atomic E-state index is 12.6. The highest BCUT2D eigenvalue weighted by molar-refractivity contribution is 5.83. The maximum absolute atomic E-state index is 12.6. The molecule has 1 N–H and O–H groups in total. The Morgan fingerprint density at radius 2 is 2.05 bits per heavy atom. The summed E-state index contributed by atoms with van der Waals surface area (Å²) in [5.74, 6) is 1.09. The summed E-state index contributed by atoms with van der Waals surface area (Å²) < 4.78 is 5.38. The number of nitrogens with zero attached hydrogens (tertiary/aromatic N) is 1. The second-order valence-corrected chi connectivity index (χ2v) is 6.24. The van der Waals surface area contributed by atoms with Crippen molar-refractivity contribution >= 4 is 5.91 Å². The van der Waals surface area contributed by atoms with Crippen molar-refractivity contribution in [3.63, 3.8) is 0 Å². The van der Waals surface area contributed by atoms with Crippen LogP contribution in [0.3, 0.4) is 0 Å². The van der Waals surface area contributed by atoms with Gasteiger partial charge in [0, 0.05) is 33.4 Å². The van der Waals surface area contributed by atoms with Gasteiger partial charge in [0.15, 0.2) is 0 Å². The topological polar surface area (TPSA) is 41.6 Å². The molecule has 0 spiro atoms. The SMILES string of the molecule is CNCC1(C(=O)N(C)CCC2CCOCC2)CCC1. The van der Waals surface area contributed by atoms with E-state index in [1.54, 1.807) is 0 Å². The Kier molecular flexibility index (Phi) is 5.22. The van der Waals surface area contributed by atoms with Gasteiger partial charge in [0.2, 0.25) is 5.91 Å². The first-order valence-electron chi connectivity index (χ1n) is 7.66. The fraction of sp³-hybridized carbons (Fsp3) is 0.933. The molecule has 2 rings (SSSR count). The van der Waals surface area contributed by atoms with Crippen molar-refractivity contribution in [2.45, 2.75) is 38.5 Å². The lowest BCUT2D eigenvalue weighted by molar-refractivity contribution is -0.145. The zero-order valence-corrected chi connectivity index (χ0v) is 12.4. The van der Waals surface area contributed by atoms with Crippen LogP contribution >= 0.6 is 0 Å². The summed E-state index contributed by atoms with van der Waals surface area (Å²) in [6.45, 7) is 3.51. The van der Waals surface area contributed by atoms with Gasteiger partial charge in [-0.1, -0.05) is 6.42 Å². The Labute approximate surface area is 116 Å². The average Bonchev–Trinajstić information content (AvgIpc) is 2.40. The molecule has 4 heteroatoms. The molecule has 1 aliphatic carbocycles. The lowest BCUT2D eigenvalue weighted by Gasteiger charge is -2.42. The largest absolute Gasteiger partial charge is 0.381 e. The molecule has 1 saturated carbocycles. The zero-order chi connectivity index (χ0) is 13.7. The highest BCUT2D eigenvalue weighted by atomic mass is 16.5. The van der Waals surface area contributed by atoms with Crippen molar-refractivity contribution in [3.8, 4) is 0 Å². The van der Waals surface area contributed by atoms with Crippen molar-refractivity contribution < 1.29 is 9.53 Å². The van der Waals surface area contributed by atoms with Gasteiger partial charge in [0.25, 0.3) is 0 Å². The van der Waals surface area contributed by atoms with E-state index in [-0.39, 0.29) is 5.41 Å². The summed E-state index contributed by atoms with van der Waals surface area (Å²) in [4.78, 5) is 14.5. The van der Waals surface area contributed by atoms with Gasteiger partial charge < -0.3 is 15.0 Å². The maximum Gasteiger partial charge on any atom is 0.229 e. The van der Waals surface area contributed by atoms with Crippen molar-refractivity contribution in [1.29, 1.82) is 0 Å². The van der Waals surface area contributed by atoms with Crippen LogP contribution in [0.15, 0.2) is 0 Å². The fourth-order valence-corrected chi connectivity index (χ4v) is 3.33. The van der Waals surface area contributed by atoms with Gasteiger partial charge in [-0.2, -0.15) is 0 Å². The van der Waals surface area contributed by atoms with E-state index in [4.69, 9.17) is 4.74 Å². The number of carbonyl (C=O) groups is 1. The molecule has 1 saturated heterocycles. The summed E-state index contributed by atoms with van der Waals surface area (Å²) in [6.07, 6.45) is 6.73. The van der Waals surface area contributed by atoms with Gasteiger partial charge >= 0.3 is 0 Å². The quantitative estimate of drug-likeness (QED) is 0.796. The Hall–Kier alpha value is -0.610. The molecular weight excluding hydrogens is 240 g/mol. The van der Waals surface area contributed by atoms with E-state index in [0.29, 0.717) is 5.91 Å². The van der Waals surface area contributed by atoms with Crippen LogP contribution in [0.25, 0.3) is 0 Å². The molecule has 0 unspecified atom stereocenters. The van der Waals surface area contributed by atoms with Crippen LogP contribution in [-0.4, -0.2) is 51.2 Å². The molecule has 1 amide bonds. The van der Waals surface area contributed by atoms with Crippen molar-refractivity contribution in [3.05, 3.63) is 0 Å². The Morgan fingerprint density at radius 3 is 2.58 bits per heavy atom. The molecule has 2 fully saturated rings. The third-order valence-corrected chi connectivity index (χ3v) is 4.84. The molecule has 0 radical (unpaired) electrons. The van der Waals surface area contributed by atoms with Crippen molar-refractivity contribution in [2.75, 3.05) is 40.4 Å². The molecule has 19 heavy (non-hydrogen) atoms. The second-order valence-electron chi connectivity index (χ2n) is 6.24. The number of hydrogen-bond acceptors (Lipinski definition) is 3. The molecule has 110 valence electrons. The predicted molar refractivity (Wildman–Crippen MR) is 76.0 cm³/mol. The van der Waals surface area contributed by atoms with Gasteiger partial charge in [-0.25, -0.2) is 0 Å². The minimum absolute atomic E-state index is 0.0980. The minimum atomic E-state index is -0.0980. The zero-order valence-electron chi connectivity index (χ0n) is 12.4. The summed E-state index contributed by atoms with van der Waals surface area (Å²) in [7, 11) is 3.91. The molecule has 0 aromatic rings. The monoisotopic (exact) mass is 268 g/mol. The number of rotatable bonds is 6. The Balaban J connectivity index is 1.78. The van der Waals surface area contributed by atoms with Crippen LogP contribution in [-0.2, 0) is 9.53 Å². The highest BCUT2D eigenvalue weighted by Gasteiger charge is 2.44. The molecule has 0 aromatic heterocycles. The number of amides is 1. The summed E-state index contributed by atoms with van der Waals surface area (Å²) in [5, 5.41) is 3.19. The number of nitrogens with one attached hydrogen (secondary N) is 1. The Morgan fingerprint density at radius 1 is 1.37 bits per heavy atom. The predicted octanol–water partition coefficient (Wildman–Crippen LogP) is 1.65. The van der Waals surface area contributed by atoms with E-state index in [0.717, 1.165) is 64.3 Å². The van der Waals surface area contributed by atoms with Crippen LogP contribution < -0.4 is 5.32 Å². The number of ether oxygens (including phenoxy) is 1. The third kappa shape index (κ3) is 3.48. The molecule has 1 aliphatic heterocycles. The molecule has 0 aromatic carbocycles. The van der Waals surface area contributed by atoms with Crippen molar-refractivity contribution in [2.24, 2.45) is 11.3 Å². The normalized spacial score (nSPS) is 22.8. The molecule has 0 atom stereocenters. The van der Waals surface area contributed by atoms with Crippen molar-refractivity contribution in [1.82, 2.24) is 10.2 Å². The summed E-state index contributed by atoms with van der Waals surface area (Å²) in [6, 6.07) is 0. The lowest BCUT2D eigenvalue weighted by Crippen LogP contribution is -2.51. The number of carbonyl (C=O) groups excluding carboxylic acids is 1. The fourth-order valence-electron chi connectivity index (χ4n) is 3.33. The smallest absolute Gasteiger partial charge is 0.229 e. The summed E-state index contributed by atoms with van der Waals surface area (Å²) in [5.41, 5.74) is -0.0980. The van der Waals surface area contributed by atoms with Gasteiger partial charge in [0.1, 0.15) is 0 Å². The van der Waals surface area contributed by atoms with Crippen LogP contribution in [0.5, 0.6) is 0 Å². The molecule has 1 heterocycles. The van der Waals surface area contributed by atoms with E-state index < -0.39 is 0 Å². The van der Waals surface area contributed by atoms with E-state index in [2.05, 4.69) is 5.32 Å². The minimum Gasteiger partial charge on any atom is -0.381 e. The standard InChI is InChI=1S/C15H28N2O2/c1-16-12-15(7-3-8-15)14(18)17(2)9-4-13-5-10-19-11-6-13/h13,16H,3-12H2,1-2H3. The first-order valence-corrected chi connectivity index (χ1v) is 7.66. The van der Waals surface area contributed by atoms with Gasteiger partial charge in [0.05, 0.1) is 5.41 Å². The van der Waals surface area contributed by atoms with Crippen LogP contribution in [0, 0.1) is 11.3 Å². The van der Waals surface area contributed by atoms with Gasteiger partial charge in [-0.3, -0.25) is 4.79 Å². The van der Waals surface area contributed by atoms with Gasteiger partial charge in [-0.15, -0.1) is 0 Å². The third-order valence-electron chi connectivity index (χ3n) is 4.84. The highest BCUT2D eigenvalue weighted by Crippen LogP contribution is 2.41. The molecule has 0 bridgehead atoms. The van der Waals surface area contributed by atoms with E-state index in [1.807, 2.05) is 19.0 Å². The molecule has 4 nitrogen and oxygen atoms in total. The summed E-state index contributed by atoms with van der Waals surface area (Å²) >= 11 is 0. The van der Waals surface area contributed by atoms with Crippen LogP contribution in [0.2, 0.25) is 0 Å².